The Balaban J connectivity index is 1.76. The van der Waals surface area contributed by atoms with Gasteiger partial charge in [0.05, 0.1) is 28.7 Å². The molecule has 4 aromatic rings. The summed E-state index contributed by atoms with van der Waals surface area (Å²) in [6.07, 6.45) is -2.88. The maximum absolute atomic E-state index is 12.8. The molecular formula is C17H10ClF3N6. The number of alkyl halides is 3. The molecule has 0 bridgehead atoms. The van der Waals surface area contributed by atoms with E-state index in [2.05, 4.69) is 25.7 Å². The van der Waals surface area contributed by atoms with Gasteiger partial charge in [-0.1, -0.05) is 23.7 Å². The van der Waals surface area contributed by atoms with E-state index < -0.39 is 11.7 Å². The van der Waals surface area contributed by atoms with Crippen molar-refractivity contribution in [2.75, 3.05) is 0 Å². The van der Waals surface area contributed by atoms with Crippen LogP contribution in [0, 0.1) is 0 Å². The van der Waals surface area contributed by atoms with Crippen LogP contribution in [0.25, 0.3) is 28.3 Å². The Morgan fingerprint density at radius 1 is 0.963 bits per heavy atom. The minimum Gasteiger partial charge on any atom is -0.277 e. The first-order valence-corrected chi connectivity index (χ1v) is 8.07. The first kappa shape index (κ1) is 17.2. The highest BCUT2D eigenvalue weighted by Gasteiger charge is 2.30. The minimum absolute atomic E-state index is 0.390. The molecule has 0 spiro atoms. The Bertz CT molecular complexity index is 1070. The van der Waals surface area contributed by atoms with E-state index in [0.29, 0.717) is 33.4 Å². The second-order valence-electron chi connectivity index (χ2n) is 5.62. The maximum Gasteiger partial charge on any atom is 0.416 e. The van der Waals surface area contributed by atoms with Crippen molar-refractivity contribution in [3.8, 4) is 28.3 Å². The Morgan fingerprint density at radius 3 is 2.33 bits per heavy atom. The predicted octanol–water partition coefficient (Wildman–Crippen LogP) is 4.39. The topological polar surface area (TPSA) is 72.3 Å². The number of hydrogen-bond donors (Lipinski definition) is 1. The highest BCUT2D eigenvalue weighted by atomic mass is 35.5. The molecular weight excluding hydrogens is 381 g/mol. The lowest BCUT2D eigenvalue weighted by molar-refractivity contribution is -0.137. The number of halogens is 4. The molecule has 4 rings (SSSR count). The van der Waals surface area contributed by atoms with E-state index in [1.807, 2.05) is 0 Å². The Kier molecular flexibility index (Phi) is 4.15. The van der Waals surface area contributed by atoms with Crippen molar-refractivity contribution in [3.05, 3.63) is 65.3 Å². The van der Waals surface area contributed by atoms with E-state index in [0.717, 1.165) is 12.1 Å². The molecule has 1 N–H and O–H groups in total. The van der Waals surface area contributed by atoms with Crippen molar-refractivity contribution in [1.82, 2.24) is 30.4 Å². The third-order valence-corrected chi connectivity index (χ3v) is 4.17. The number of aromatic amines is 1. The summed E-state index contributed by atoms with van der Waals surface area (Å²) in [6.45, 7) is 0. The molecule has 0 aliphatic carbocycles. The lowest BCUT2D eigenvalue weighted by atomic mass is 10.1. The van der Waals surface area contributed by atoms with Crippen molar-refractivity contribution in [1.29, 1.82) is 0 Å². The minimum atomic E-state index is -4.39. The molecule has 0 saturated heterocycles. The van der Waals surface area contributed by atoms with Gasteiger partial charge in [0.25, 0.3) is 0 Å². The van der Waals surface area contributed by atoms with Gasteiger partial charge in [0.1, 0.15) is 0 Å². The van der Waals surface area contributed by atoms with E-state index in [9.17, 15) is 13.2 Å². The van der Waals surface area contributed by atoms with Crippen LogP contribution in [0.4, 0.5) is 13.2 Å². The molecule has 6 nitrogen and oxygen atoms in total. The van der Waals surface area contributed by atoms with Crippen LogP contribution in [-0.4, -0.2) is 30.4 Å². The van der Waals surface area contributed by atoms with Gasteiger partial charge in [0.15, 0.2) is 5.82 Å². The van der Waals surface area contributed by atoms with Crippen molar-refractivity contribution >= 4 is 11.6 Å². The van der Waals surface area contributed by atoms with Crippen molar-refractivity contribution < 1.29 is 13.2 Å². The summed E-state index contributed by atoms with van der Waals surface area (Å²) in [5.41, 5.74) is 1.54. The van der Waals surface area contributed by atoms with Crippen LogP contribution < -0.4 is 0 Å². The monoisotopic (exact) mass is 390 g/mol. The SMILES string of the molecule is FC(F)(F)c1ccc(-c2[nH]ncc2-c2nnnn2-c2ccc(Cl)cc2)cc1. The summed E-state index contributed by atoms with van der Waals surface area (Å²) >= 11 is 5.91. The second-order valence-corrected chi connectivity index (χ2v) is 6.06. The summed E-state index contributed by atoms with van der Waals surface area (Å²) in [7, 11) is 0. The molecule has 136 valence electrons. The molecule has 0 aliphatic rings. The maximum atomic E-state index is 12.8. The fourth-order valence-electron chi connectivity index (χ4n) is 2.61. The molecule has 0 saturated carbocycles. The zero-order valence-corrected chi connectivity index (χ0v) is 14.2. The number of nitrogens with zero attached hydrogens (tertiary/aromatic N) is 5. The Hall–Kier alpha value is -3.20. The van der Waals surface area contributed by atoms with Crippen LogP contribution in [0.1, 0.15) is 5.56 Å². The molecule has 2 heterocycles. The molecule has 0 radical (unpaired) electrons. The molecule has 2 aromatic carbocycles. The number of H-pyrrole nitrogens is 1. The summed E-state index contributed by atoms with van der Waals surface area (Å²) in [5, 5.41) is 19.1. The average Bonchev–Trinajstić information content (AvgIpc) is 3.30. The van der Waals surface area contributed by atoms with Gasteiger partial charge in [-0.3, -0.25) is 5.10 Å². The van der Waals surface area contributed by atoms with E-state index in [1.54, 1.807) is 24.3 Å². The number of hydrogen-bond acceptors (Lipinski definition) is 4. The van der Waals surface area contributed by atoms with Crippen LogP contribution >= 0.6 is 11.6 Å². The number of tetrazole rings is 1. The third-order valence-electron chi connectivity index (χ3n) is 3.92. The van der Waals surface area contributed by atoms with Crippen molar-refractivity contribution in [2.24, 2.45) is 0 Å². The molecule has 0 atom stereocenters. The largest absolute Gasteiger partial charge is 0.416 e. The Morgan fingerprint density at radius 2 is 1.67 bits per heavy atom. The quantitative estimate of drug-likeness (QED) is 0.563. The van der Waals surface area contributed by atoms with Crippen LogP contribution in [-0.2, 0) is 6.18 Å². The summed E-state index contributed by atoms with van der Waals surface area (Å²) in [5.74, 6) is 0.390. The summed E-state index contributed by atoms with van der Waals surface area (Å²) in [6, 6.07) is 11.7. The third kappa shape index (κ3) is 3.28. The fraction of sp³-hybridized carbons (Fsp3) is 0.0588. The summed E-state index contributed by atoms with van der Waals surface area (Å²) in [4.78, 5) is 0. The van der Waals surface area contributed by atoms with Gasteiger partial charge in [-0.25, -0.2) is 0 Å². The smallest absolute Gasteiger partial charge is 0.277 e. The standard InChI is InChI=1S/C17H10ClF3N6/c18-12-5-7-13(8-6-12)27-16(24-25-26-27)14-9-22-23-15(14)10-1-3-11(4-2-10)17(19,20)21/h1-9H,(H,22,23). The second kappa shape index (κ2) is 6.51. The fourth-order valence-corrected chi connectivity index (χ4v) is 2.74. The zero-order chi connectivity index (χ0) is 19.0. The number of nitrogens with one attached hydrogen (secondary N) is 1. The van der Waals surface area contributed by atoms with Gasteiger partial charge >= 0.3 is 6.18 Å². The highest BCUT2D eigenvalue weighted by Crippen LogP contribution is 2.33. The molecule has 0 fully saturated rings. The van der Waals surface area contributed by atoms with Gasteiger partial charge in [0.2, 0.25) is 0 Å². The summed E-state index contributed by atoms with van der Waals surface area (Å²) < 4.78 is 39.8. The van der Waals surface area contributed by atoms with E-state index in [1.165, 1.54) is 23.0 Å². The normalized spacial score (nSPS) is 11.7. The molecule has 0 aliphatic heterocycles. The van der Waals surface area contributed by atoms with Gasteiger partial charge in [-0.2, -0.15) is 23.0 Å². The predicted molar refractivity (Wildman–Crippen MR) is 92.2 cm³/mol. The molecule has 2 aromatic heterocycles. The van der Waals surface area contributed by atoms with Crippen molar-refractivity contribution in [3.63, 3.8) is 0 Å². The van der Waals surface area contributed by atoms with E-state index in [4.69, 9.17) is 11.6 Å². The first-order valence-electron chi connectivity index (χ1n) is 7.69. The highest BCUT2D eigenvalue weighted by molar-refractivity contribution is 6.30. The number of aromatic nitrogens is 6. The van der Waals surface area contributed by atoms with Crippen molar-refractivity contribution in [2.45, 2.75) is 6.18 Å². The van der Waals surface area contributed by atoms with Gasteiger partial charge in [-0.15, -0.1) is 5.10 Å². The first-order chi connectivity index (χ1) is 12.9. The van der Waals surface area contributed by atoms with E-state index >= 15 is 0 Å². The lowest BCUT2D eigenvalue weighted by Gasteiger charge is -2.08. The van der Waals surface area contributed by atoms with Gasteiger partial charge in [0, 0.05) is 10.6 Å². The van der Waals surface area contributed by atoms with Crippen LogP contribution in [0.2, 0.25) is 5.02 Å². The van der Waals surface area contributed by atoms with Crippen LogP contribution in [0.3, 0.4) is 0 Å². The van der Waals surface area contributed by atoms with Crippen LogP contribution in [0.15, 0.2) is 54.7 Å². The average molecular weight is 391 g/mol. The number of benzene rings is 2. The zero-order valence-electron chi connectivity index (χ0n) is 13.4. The van der Waals surface area contributed by atoms with E-state index in [-0.39, 0.29) is 0 Å². The number of rotatable bonds is 3. The molecule has 27 heavy (non-hydrogen) atoms. The molecule has 10 heteroatoms. The molecule has 0 amide bonds. The van der Waals surface area contributed by atoms with Crippen LogP contribution in [0.5, 0.6) is 0 Å². The molecule has 0 unspecified atom stereocenters. The lowest BCUT2D eigenvalue weighted by Crippen LogP contribution is -2.04. The van der Waals surface area contributed by atoms with Gasteiger partial charge in [-0.05, 0) is 46.8 Å². The Labute approximate surface area is 155 Å². The van der Waals surface area contributed by atoms with Gasteiger partial charge < -0.3 is 0 Å².